The molecular formula is C17H23NO. The van der Waals surface area contributed by atoms with Crippen LogP contribution < -0.4 is 4.90 Å². The Labute approximate surface area is 115 Å². The van der Waals surface area contributed by atoms with Gasteiger partial charge in [-0.25, -0.2) is 0 Å². The molecule has 19 heavy (non-hydrogen) atoms. The van der Waals surface area contributed by atoms with Crippen molar-refractivity contribution >= 4 is 11.5 Å². The van der Waals surface area contributed by atoms with Gasteiger partial charge >= 0.3 is 0 Å². The number of carbonyl (C=O) groups excluding carboxylic acids is 1. The number of ketones is 1. The van der Waals surface area contributed by atoms with Gasteiger partial charge in [-0.2, -0.15) is 0 Å². The molecular weight excluding hydrogens is 234 g/mol. The first-order valence-corrected chi connectivity index (χ1v) is 7.63. The number of fused-ring (bicyclic) bond motifs is 2. The molecule has 0 atom stereocenters. The number of carbonyl (C=O) groups is 1. The van der Waals surface area contributed by atoms with Gasteiger partial charge in [0.15, 0.2) is 5.78 Å². The van der Waals surface area contributed by atoms with Gasteiger partial charge in [0, 0.05) is 30.8 Å². The molecule has 2 nitrogen and oxygen atoms in total. The summed E-state index contributed by atoms with van der Waals surface area (Å²) >= 11 is 0. The minimum absolute atomic E-state index is 0.340. The molecule has 2 aliphatic carbocycles. The quantitative estimate of drug-likeness (QED) is 0.817. The molecule has 0 N–H and O–H groups in total. The van der Waals surface area contributed by atoms with Crippen molar-refractivity contribution in [1.82, 2.24) is 0 Å². The van der Waals surface area contributed by atoms with Gasteiger partial charge in [-0.05, 0) is 62.3 Å². The summed E-state index contributed by atoms with van der Waals surface area (Å²) in [5.41, 5.74) is 3.97. The van der Waals surface area contributed by atoms with Crippen LogP contribution in [0.5, 0.6) is 0 Å². The molecule has 1 spiro atoms. The van der Waals surface area contributed by atoms with Crippen molar-refractivity contribution in [2.24, 2.45) is 0 Å². The Hall–Kier alpha value is -1.31. The summed E-state index contributed by atoms with van der Waals surface area (Å²) in [5, 5.41) is 0. The van der Waals surface area contributed by atoms with Crippen molar-refractivity contribution in [1.29, 1.82) is 0 Å². The van der Waals surface area contributed by atoms with E-state index in [0.717, 1.165) is 31.5 Å². The lowest BCUT2D eigenvalue weighted by Crippen LogP contribution is -2.39. The Balaban J connectivity index is 2.06. The lowest BCUT2D eigenvalue weighted by Gasteiger charge is -2.46. The normalized spacial score (nSPS) is 20.0. The smallest absolute Gasteiger partial charge is 0.163 e. The van der Waals surface area contributed by atoms with Crippen LogP contribution in [0, 0.1) is 0 Å². The van der Waals surface area contributed by atoms with Crippen LogP contribution in [0.25, 0.3) is 0 Å². The van der Waals surface area contributed by atoms with Crippen LogP contribution in [0.1, 0.15) is 61.9 Å². The monoisotopic (exact) mass is 257 g/mol. The summed E-state index contributed by atoms with van der Waals surface area (Å²) in [5.74, 6) is 0.346. The van der Waals surface area contributed by atoms with Crippen LogP contribution in [0.15, 0.2) is 18.2 Å². The fourth-order valence-corrected chi connectivity index (χ4v) is 3.74. The maximum atomic E-state index is 12.1. The molecule has 1 fully saturated rings. The van der Waals surface area contributed by atoms with Crippen molar-refractivity contribution < 1.29 is 4.79 Å². The molecule has 0 aliphatic heterocycles. The number of nitrogens with zero attached hydrogens (tertiary/aromatic N) is 1. The second kappa shape index (κ2) is 4.66. The predicted octanol–water partition coefficient (Wildman–Crippen LogP) is 3.93. The van der Waals surface area contributed by atoms with Gasteiger partial charge in [-0.15, -0.1) is 0 Å². The summed E-state index contributed by atoms with van der Waals surface area (Å²) in [6.45, 7) is 6.42. The summed E-state index contributed by atoms with van der Waals surface area (Å²) in [6.07, 6.45) is 5.69. The minimum atomic E-state index is 0.340. The molecule has 3 rings (SSSR count). The van der Waals surface area contributed by atoms with Crippen molar-refractivity contribution in [2.45, 2.75) is 51.4 Å². The zero-order chi connectivity index (χ0) is 13.5. The van der Waals surface area contributed by atoms with E-state index in [0.29, 0.717) is 11.2 Å². The van der Waals surface area contributed by atoms with Crippen molar-refractivity contribution in [2.75, 3.05) is 18.0 Å². The molecule has 1 aromatic carbocycles. The van der Waals surface area contributed by atoms with E-state index in [-0.39, 0.29) is 0 Å². The lowest BCUT2D eigenvalue weighted by molar-refractivity contribution is 0.0920. The SMILES string of the molecule is CCN(CC)c1ccc2c(c1)C1(CCC1)CCC2=O. The standard InChI is InChI=1S/C17H23NO/c1-3-18(4-2)13-6-7-14-15(12-13)17(9-5-10-17)11-8-16(14)19/h6-7,12H,3-5,8-11H2,1-2H3. The number of Topliss-reactive ketones (excluding diaryl/α,β-unsaturated/α-hetero) is 1. The van der Waals surface area contributed by atoms with Crippen LogP contribution in [0.4, 0.5) is 5.69 Å². The maximum absolute atomic E-state index is 12.1. The third-order valence-electron chi connectivity index (χ3n) is 5.14. The Morgan fingerprint density at radius 3 is 2.47 bits per heavy atom. The van der Waals surface area contributed by atoms with Gasteiger partial charge < -0.3 is 4.90 Å². The molecule has 0 aromatic heterocycles. The van der Waals surface area contributed by atoms with Crippen LogP contribution >= 0.6 is 0 Å². The molecule has 0 amide bonds. The maximum Gasteiger partial charge on any atom is 0.163 e. The second-order valence-corrected chi connectivity index (χ2v) is 5.96. The van der Waals surface area contributed by atoms with Gasteiger partial charge in [-0.1, -0.05) is 6.42 Å². The Morgan fingerprint density at radius 2 is 1.89 bits per heavy atom. The average Bonchev–Trinajstić information content (AvgIpc) is 2.39. The van der Waals surface area contributed by atoms with Gasteiger partial charge in [0.25, 0.3) is 0 Å². The first kappa shape index (κ1) is 12.7. The van der Waals surface area contributed by atoms with Crippen LogP contribution in [-0.2, 0) is 5.41 Å². The highest BCUT2D eigenvalue weighted by Gasteiger charge is 2.43. The third kappa shape index (κ3) is 1.89. The number of hydrogen-bond donors (Lipinski definition) is 0. The Morgan fingerprint density at radius 1 is 1.16 bits per heavy atom. The second-order valence-electron chi connectivity index (χ2n) is 5.96. The highest BCUT2D eigenvalue weighted by atomic mass is 16.1. The number of hydrogen-bond acceptors (Lipinski definition) is 2. The van der Waals surface area contributed by atoms with E-state index < -0.39 is 0 Å². The van der Waals surface area contributed by atoms with E-state index in [2.05, 4.69) is 36.9 Å². The predicted molar refractivity (Wildman–Crippen MR) is 79.1 cm³/mol. The molecule has 2 aliphatic rings. The molecule has 102 valence electrons. The summed E-state index contributed by atoms with van der Waals surface area (Å²) in [4.78, 5) is 14.5. The Bertz CT molecular complexity index is 498. The fraction of sp³-hybridized carbons (Fsp3) is 0.588. The Kier molecular flexibility index (Phi) is 3.12. The zero-order valence-electron chi connectivity index (χ0n) is 12.0. The highest BCUT2D eigenvalue weighted by molar-refractivity contribution is 5.99. The lowest BCUT2D eigenvalue weighted by atomic mass is 9.58. The van der Waals surface area contributed by atoms with Gasteiger partial charge in [0.05, 0.1) is 0 Å². The van der Waals surface area contributed by atoms with E-state index >= 15 is 0 Å². The van der Waals surface area contributed by atoms with Gasteiger partial charge in [0.1, 0.15) is 0 Å². The number of rotatable bonds is 3. The summed E-state index contributed by atoms with van der Waals surface area (Å²) in [6, 6.07) is 6.50. The van der Waals surface area contributed by atoms with E-state index in [1.54, 1.807) is 0 Å². The van der Waals surface area contributed by atoms with Gasteiger partial charge in [0.2, 0.25) is 0 Å². The van der Waals surface area contributed by atoms with Crippen LogP contribution in [0.3, 0.4) is 0 Å². The van der Waals surface area contributed by atoms with Crippen molar-refractivity contribution in [3.63, 3.8) is 0 Å². The molecule has 0 radical (unpaired) electrons. The molecule has 0 heterocycles. The summed E-state index contributed by atoms with van der Waals surface area (Å²) < 4.78 is 0. The highest BCUT2D eigenvalue weighted by Crippen LogP contribution is 2.51. The molecule has 1 saturated carbocycles. The molecule has 2 heteroatoms. The van der Waals surface area contributed by atoms with E-state index in [1.165, 1.54) is 30.5 Å². The van der Waals surface area contributed by atoms with Crippen LogP contribution in [0.2, 0.25) is 0 Å². The first-order valence-electron chi connectivity index (χ1n) is 7.63. The molecule has 0 saturated heterocycles. The molecule has 0 unspecified atom stereocenters. The zero-order valence-corrected chi connectivity index (χ0v) is 12.0. The topological polar surface area (TPSA) is 20.3 Å². The molecule has 1 aromatic rings. The van der Waals surface area contributed by atoms with E-state index in [4.69, 9.17) is 0 Å². The minimum Gasteiger partial charge on any atom is -0.372 e. The van der Waals surface area contributed by atoms with Gasteiger partial charge in [-0.3, -0.25) is 4.79 Å². The molecule has 0 bridgehead atoms. The van der Waals surface area contributed by atoms with Crippen molar-refractivity contribution in [3.8, 4) is 0 Å². The number of benzene rings is 1. The average molecular weight is 257 g/mol. The third-order valence-corrected chi connectivity index (χ3v) is 5.14. The fourth-order valence-electron chi connectivity index (χ4n) is 3.74. The number of anilines is 1. The van der Waals surface area contributed by atoms with Crippen molar-refractivity contribution in [3.05, 3.63) is 29.3 Å². The largest absolute Gasteiger partial charge is 0.372 e. The first-order chi connectivity index (χ1) is 9.20. The van der Waals surface area contributed by atoms with E-state index in [9.17, 15) is 4.79 Å². The van der Waals surface area contributed by atoms with Crippen LogP contribution in [-0.4, -0.2) is 18.9 Å². The summed E-state index contributed by atoms with van der Waals surface area (Å²) in [7, 11) is 0. The van der Waals surface area contributed by atoms with E-state index in [1.807, 2.05) is 0 Å².